The van der Waals surface area contributed by atoms with Crippen molar-refractivity contribution in [1.29, 1.82) is 0 Å². The Morgan fingerprint density at radius 2 is 1.80 bits per heavy atom. The van der Waals surface area contributed by atoms with Crippen LogP contribution in [0.5, 0.6) is 0 Å². The summed E-state index contributed by atoms with van der Waals surface area (Å²) in [7, 11) is 5.65. The minimum atomic E-state index is -0.645. The van der Waals surface area contributed by atoms with Crippen LogP contribution in [0.1, 0.15) is 19.4 Å². The number of allylic oxidation sites excluding steroid dienone is 2. The summed E-state index contributed by atoms with van der Waals surface area (Å²) in [6.45, 7) is 5.44. The van der Waals surface area contributed by atoms with Crippen molar-refractivity contribution in [2.24, 2.45) is 4.99 Å². The van der Waals surface area contributed by atoms with Crippen molar-refractivity contribution in [1.82, 2.24) is 24.5 Å². The second-order valence-electron chi connectivity index (χ2n) is 8.19. The number of halogens is 1. The van der Waals surface area contributed by atoms with Crippen LogP contribution in [0.25, 0.3) is 0 Å². The molecule has 3 aliphatic heterocycles. The largest absolute Gasteiger partial charge is 0.328 e. The average molecular weight is 414 g/mol. The predicted molar refractivity (Wildman–Crippen MR) is 111 cm³/mol. The van der Waals surface area contributed by atoms with Crippen molar-refractivity contribution >= 4 is 17.9 Å². The fourth-order valence-electron chi connectivity index (χ4n) is 4.19. The third-order valence-electron chi connectivity index (χ3n) is 6.06. The third kappa shape index (κ3) is 3.04. The van der Waals surface area contributed by atoms with E-state index in [2.05, 4.69) is 9.80 Å². The molecule has 3 aliphatic rings. The van der Waals surface area contributed by atoms with Gasteiger partial charge in [-0.25, -0.2) is 14.2 Å². The highest BCUT2D eigenvalue weighted by atomic mass is 19.1. The number of amides is 3. The van der Waals surface area contributed by atoms with E-state index in [4.69, 9.17) is 4.99 Å². The topological polar surface area (TPSA) is 62.7 Å². The number of fused-ring (bicyclic) bond motifs is 3. The number of hydrogen-bond acceptors (Lipinski definition) is 6. The van der Waals surface area contributed by atoms with Gasteiger partial charge in [0.25, 0.3) is 5.91 Å². The van der Waals surface area contributed by atoms with Crippen molar-refractivity contribution in [3.8, 4) is 0 Å². The van der Waals surface area contributed by atoms with Gasteiger partial charge in [0.05, 0.1) is 6.54 Å². The molecule has 3 heterocycles. The Balaban J connectivity index is 1.65. The zero-order valence-electron chi connectivity index (χ0n) is 18.0. The zero-order valence-corrected chi connectivity index (χ0v) is 18.0. The first-order valence-electron chi connectivity index (χ1n) is 10.0. The van der Waals surface area contributed by atoms with E-state index in [1.165, 1.54) is 11.0 Å². The Labute approximate surface area is 175 Å². The van der Waals surface area contributed by atoms with E-state index in [1.807, 2.05) is 32.8 Å². The molecule has 9 heteroatoms. The first kappa shape index (κ1) is 20.3. The van der Waals surface area contributed by atoms with Gasteiger partial charge in [0, 0.05) is 37.1 Å². The van der Waals surface area contributed by atoms with Crippen LogP contribution < -0.4 is 0 Å². The smallest absolute Gasteiger partial charge is 0.313 e. The maximum absolute atomic E-state index is 14.2. The lowest BCUT2D eigenvalue weighted by atomic mass is 10.1. The number of imide groups is 1. The molecule has 0 radical (unpaired) electrons. The van der Waals surface area contributed by atoms with Crippen LogP contribution in [0.4, 0.5) is 9.18 Å². The second-order valence-corrected chi connectivity index (χ2v) is 8.19. The molecule has 1 aromatic rings. The normalized spacial score (nSPS) is 23.6. The van der Waals surface area contributed by atoms with Gasteiger partial charge in [-0.1, -0.05) is 18.2 Å². The van der Waals surface area contributed by atoms with Crippen LogP contribution in [0.2, 0.25) is 0 Å². The predicted octanol–water partition coefficient (Wildman–Crippen LogP) is 1.71. The molecule has 30 heavy (non-hydrogen) atoms. The minimum absolute atomic E-state index is 0.104. The quantitative estimate of drug-likeness (QED) is 0.734. The zero-order chi connectivity index (χ0) is 21.7. The van der Waals surface area contributed by atoms with E-state index in [9.17, 15) is 14.0 Å². The number of rotatable bonds is 5. The van der Waals surface area contributed by atoms with Gasteiger partial charge in [-0.2, -0.15) is 0 Å². The molecule has 1 aromatic carbocycles. The molecule has 1 fully saturated rings. The highest BCUT2D eigenvalue weighted by Gasteiger charge is 2.55. The Hall–Kier alpha value is -2.94. The molecule has 0 aliphatic carbocycles. The van der Waals surface area contributed by atoms with Crippen molar-refractivity contribution in [2.45, 2.75) is 32.6 Å². The third-order valence-corrected chi connectivity index (χ3v) is 6.06. The molecule has 4 rings (SSSR count). The summed E-state index contributed by atoms with van der Waals surface area (Å²) in [6.07, 6.45) is -0.596. The Bertz CT molecular complexity index is 959. The summed E-state index contributed by atoms with van der Waals surface area (Å²) >= 11 is 0. The van der Waals surface area contributed by atoms with Gasteiger partial charge >= 0.3 is 6.03 Å². The first-order chi connectivity index (χ1) is 14.2. The van der Waals surface area contributed by atoms with Gasteiger partial charge in [-0.05, 0) is 34.0 Å². The van der Waals surface area contributed by atoms with Crippen molar-refractivity contribution in [3.63, 3.8) is 0 Å². The molecular weight excluding hydrogens is 387 g/mol. The highest BCUT2D eigenvalue weighted by molar-refractivity contribution is 6.05. The lowest BCUT2D eigenvalue weighted by Gasteiger charge is -2.40. The average Bonchev–Trinajstić information content (AvgIpc) is 3.20. The number of carbonyl (C=O) groups is 2. The fraction of sp³-hybridized carbons (Fsp3) is 0.476. The van der Waals surface area contributed by atoms with Crippen molar-refractivity contribution in [2.75, 3.05) is 34.2 Å². The molecule has 0 bridgehead atoms. The van der Waals surface area contributed by atoms with E-state index < -0.39 is 24.1 Å². The SMILES string of the molecule is CC1=C(C)N2C(=NC3C2C(=O)N(Cc2ccccc2F)C(=O)N3C)N1CCN(C)C. The molecule has 0 aromatic heterocycles. The molecular formula is C21H27FN6O2. The summed E-state index contributed by atoms with van der Waals surface area (Å²) in [5.74, 6) is -0.0940. The van der Waals surface area contributed by atoms with E-state index >= 15 is 0 Å². The molecule has 160 valence electrons. The summed E-state index contributed by atoms with van der Waals surface area (Å²) < 4.78 is 14.2. The van der Waals surface area contributed by atoms with Gasteiger partial charge in [0.15, 0.2) is 12.2 Å². The van der Waals surface area contributed by atoms with Gasteiger partial charge in [-0.15, -0.1) is 0 Å². The van der Waals surface area contributed by atoms with Crippen LogP contribution in [-0.2, 0) is 11.3 Å². The fourth-order valence-corrected chi connectivity index (χ4v) is 4.19. The Morgan fingerprint density at radius 3 is 2.47 bits per heavy atom. The number of carbonyl (C=O) groups excluding carboxylic acids is 2. The number of guanidine groups is 1. The summed E-state index contributed by atoms with van der Waals surface area (Å²) in [5, 5.41) is 0. The van der Waals surface area contributed by atoms with Crippen LogP contribution in [-0.4, -0.2) is 88.8 Å². The van der Waals surface area contributed by atoms with Gasteiger partial charge in [0.2, 0.25) is 5.96 Å². The number of benzene rings is 1. The number of nitrogens with zero attached hydrogens (tertiary/aromatic N) is 6. The number of aliphatic imine (C=N–C) groups is 1. The molecule has 2 unspecified atom stereocenters. The second kappa shape index (κ2) is 7.39. The van der Waals surface area contributed by atoms with Crippen LogP contribution in [0.15, 0.2) is 40.7 Å². The molecule has 2 atom stereocenters. The standard InChI is InChI=1S/C21H27FN6O2/c1-13-14(2)28-17-18(23-20(28)26(13)11-10-24(3)4)25(5)21(30)27(19(17)29)12-15-8-6-7-9-16(15)22/h6-9,17-18H,10-12H2,1-5H3. The molecule has 3 amide bonds. The van der Waals surface area contributed by atoms with Gasteiger partial charge in [0.1, 0.15) is 5.82 Å². The van der Waals surface area contributed by atoms with Crippen molar-refractivity contribution in [3.05, 3.63) is 47.0 Å². The van der Waals surface area contributed by atoms with E-state index in [0.717, 1.165) is 29.4 Å². The van der Waals surface area contributed by atoms with Crippen LogP contribution >= 0.6 is 0 Å². The minimum Gasteiger partial charge on any atom is -0.313 e. The monoisotopic (exact) mass is 414 g/mol. The lowest BCUT2D eigenvalue weighted by Crippen LogP contribution is -2.64. The van der Waals surface area contributed by atoms with Gasteiger partial charge < -0.3 is 14.7 Å². The maximum Gasteiger partial charge on any atom is 0.328 e. The maximum atomic E-state index is 14.2. The number of urea groups is 1. The number of likely N-dealkylation sites (N-methyl/N-ethyl adjacent to an activating group) is 2. The summed E-state index contributed by atoms with van der Waals surface area (Å²) in [6, 6.07) is 5.09. The summed E-state index contributed by atoms with van der Waals surface area (Å²) in [5.41, 5.74) is 2.30. The summed E-state index contributed by atoms with van der Waals surface area (Å²) in [4.78, 5) is 39.9. The van der Waals surface area contributed by atoms with Crippen molar-refractivity contribution < 1.29 is 14.0 Å². The molecule has 0 N–H and O–H groups in total. The van der Waals surface area contributed by atoms with E-state index in [1.54, 1.807) is 25.2 Å². The lowest BCUT2D eigenvalue weighted by molar-refractivity contribution is -0.137. The number of hydrogen-bond donors (Lipinski definition) is 0. The van der Waals surface area contributed by atoms with E-state index in [-0.39, 0.29) is 12.5 Å². The van der Waals surface area contributed by atoms with E-state index in [0.29, 0.717) is 11.5 Å². The molecule has 1 saturated heterocycles. The highest BCUT2D eigenvalue weighted by Crippen LogP contribution is 2.37. The molecule has 8 nitrogen and oxygen atoms in total. The van der Waals surface area contributed by atoms with Crippen LogP contribution in [0.3, 0.4) is 0 Å². The van der Waals surface area contributed by atoms with Crippen LogP contribution in [0, 0.1) is 5.82 Å². The first-order valence-corrected chi connectivity index (χ1v) is 10.0. The molecule has 0 spiro atoms. The molecule has 0 saturated carbocycles. The Morgan fingerprint density at radius 1 is 1.10 bits per heavy atom. The van der Waals surface area contributed by atoms with Gasteiger partial charge in [-0.3, -0.25) is 14.6 Å². The Kier molecular flexibility index (Phi) is 5.01.